The topological polar surface area (TPSA) is 47.3 Å². The van der Waals surface area contributed by atoms with Crippen LogP contribution in [0.15, 0.2) is 12.3 Å². The Morgan fingerprint density at radius 3 is 2.71 bits per heavy atom. The fourth-order valence-corrected chi connectivity index (χ4v) is 1.15. The second-order valence-corrected chi connectivity index (χ2v) is 4.01. The van der Waals surface area contributed by atoms with Crippen LogP contribution in [0.25, 0.3) is 0 Å². The number of aromatic nitrogens is 2. The number of rotatable bonds is 4. The molecule has 0 aliphatic heterocycles. The predicted molar refractivity (Wildman–Crippen MR) is 54.0 cm³/mol. The van der Waals surface area contributed by atoms with Gasteiger partial charge in [-0.05, 0) is 19.9 Å². The second kappa shape index (κ2) is 4.11. The lowest BCUT2D eigenvalue weighted by Crippen LogP contribution is -2.39. The van der Waals surface area contributed by atoms with Crippen molar-refractivity contribution in [3.8, 4) is 0 Å². The van der Waals surface area contributed by atoms with E-state index in [-0.39, 0.29) is 0 Å². The van der Waals surface area contributed by atoms with Crippen molar-refractivity contribution in [2.75, 3.05) is 7.11 Å². The largest absolute Gasteiger partial charge is 0.390 e. The maximum absolute atomic E-state index is 9.87. The van der Waals surface area contributed by atoms with Gasteiger partial charge in [0.15, 0.2) is 0 Å². The van der Waals surface area contributed by atoms with E-state index in [1.807, 2.05) is 33.2 Å². The van der Waals surface area contributed by atoms with Crippen molar-refractivity contribution in [1.82, 2.24) is 9.78 Å². The van der Waals surface area contributed by atoms with Crippen LogP contribution in [0, 0.1) is 0 Å². The van der Waals surface area contributed by atoms with Crippen LogP contribution in [-0.4, -0.2) is 33.7 Å². The van der Waals surface area contributed by atoms with Crippen molar-refractivity contribution < 1.29 is 9.84 Å². The van der Waals surface area contributed by atoms with Crippen LogP contribution in [0.1, 0.15) is 19.5 Å². The van der Waals surface area contributed by atoms with Gasteiger partial charge in [-0.25, -0.2) is 0 Å². The lowest BCUT2D eigenvalue weighted by Gasteiger charge is -2.28. The second-order valence-electron chi connectivity index (χ2n) is 4.01. The van der Waals surface area contributed by atoms with Crippen molar-refractivity contribution in [2.24, 2.45) is 7.05 Å². The molecule has 0 aliphatic rings. The van der Waals surface area contributed by atoms with Crippen molar-refractivity contribution in [3.63, 3.8) is 0 Å². The van der Waals surface area contributed by atoms with E-state index in [2.05, 4.69) is 5.10 Å². The van der Waals surface area contributed by atoms with Crippen molar-refractivity contribution in [1.29, 1.82) is 0 Å². The molecule has 0 spiro atoms. The van der Waals surface area contributed by atoms with Gasteiger partial charge >= 0.3 is 0 Å². The fourth-order valence-electron chi connectivity index (χ4n) is 1.15. The molecule has 4 heteroatoms. The minimum absolute atomic E-state index is 0.516. The van der Waals surface area contributed by atoms with Gasteiger partial charge < -0.3 is 9.84 Å². The molecule has 1 aromatic heterocycles. The Hall–Kier alpha value is -0.870. The van der Waals surface area contributed by atoms with E-state index < -0.39 is 11.7 Å². The Labute approximate surface area is 84.5 Å². The minimum atomic E-state index is -0.539. The van der Waals surface area contributed by atoms with Crippen LogP contribution < -0.4 is 0 Å². The Kier molecular flexibility index (Phi) is 3.29. The van der Waals surface area contributed by atoms with Crippen LogP contribution in [0.2, 0.25) is 0 Å². The van der Waals surface area contributed by atoms with Gasteiger partial charge in [-0.15, -0.1) is 0 Å². The van der Waals surface area contributed by atoms with Crippen LogP contribution >= 0.6 is 0 Å². The molecule has 0 fully saturated rings. The van der Waals surface area contributed by atoms with E-state index in [4.69, 9.17) is 4.74 Å². The van der Waals surface area contributed by atoms with E-state index in [9.17, 15) is 5.11 Å². The van der Waals surface area contributed by atoms with Crippen LogP contribution in [0.4, 0.5) is 0 Å². The number of hydrogen-bond acceptors (Lipinski definition) is 3. The molecule has 1 unspecified atom stereocenters. The van der Waals surface area contributed by atoms with Crippen LogP contribution in [0.3, 0.4) is 0 Å². The quantitative estimate of drug-likeness (QED) is 0.776. The van der Waals surface area contributed by atoms with Gasteiger partial charge in [0.05, 0.1) is 17.4 Å². The summed E-state index contributed by atoms with van der Waals surface area (Å²) in [6, 6.07) is 1.90. The number of methoxy groups -OCH3 is 1. The molecule has 14 heavy (non-hydrogen) atoms. The first-order chi connectivity index (χ1) is 6.45. The first kappa shape index (κ1) is 11.2. The number of hydrogen-bond donors (Lipinski definition) is 1. The average molecular weight is 198 g/mol. The maximum Gasteiger partial charge on any atom is 0.0884 e. The number of ether oxygens (including phenoxy) is 1. The van der Waals surface area contributed by atoms with Gasteiger partial charge in [0.2, 0.25) is 0 Å². The van der Waals surface area contributed by atoms with Gasteiger partial charge in [-0.2, -0.15) is 5.10 Å². The first-order valence-corrected chi connectivity index (χ1v) is 4.67. The monoisotopic (exact) mass is 198 g/mol. The lowest BCUT2D eigenvalue weighted by atomic mass is 9.97. The van der Waals surface area contributed by atoms with Crippen LogP contribution in [0.5, 0.6) is 0 Å². The Morgan fingerprint density at radius 1 is 1.64 bits per heavy atom. The van der Waals surface area contributed by atoms with Crippen molar-refractivity contribution in [3.05, 3.63) is 18.0 Å². The molecule has 1 N–H and O–H groups in total. The molecule has 0 bridgehead atoms. The van der Waals surface area contributed by atoms with E-state index in [1.165, 1.54) is 0 Å². The van der Waals surface area contributed by atoms with E-state index in [1.54, 1.807) is 11.8 Å². The summed E-state index contributed by atoms with van der Waals surface area (Å²) in [5.74, 6) is 0. The van der Waals surface area contributed by atoms with E-state index in [0.29, 0.717) is 6.42 Å². The lowest BCUT2D eigenvalue weighted by molar-refractivity contribution is -0.0768. The Bertz CT molecular complexity index is 294. The SMILES string of the molecule is COC(C)(C)C(O)Cc1ccn(C)n1. The van der Waals surface area contributed by atoms with E-state index in [0.717, 1.165) is 5.69 Å². The van der Waals surface area contributed by atoms with Crippen LogP contribution in [-0.2, 0) is 18.2 Å². The van der Waals surface area contributed by atoms with E-state index >= 15 is 0 Å². The number of aliphatic hydroxyl groups excluding tert-OH is 1. The molecule has 1 heterocycles. The molecule has 0 saturated heterocycles. The Balaban J connectivity index is 2.61. The first-order valence-electron chi connectivity index (χ1n) is 4.67. The number of nitrogens with zero attached hydrogens (tertiary/aromatic N) is 2. The van der Waals surface area contributed by atoms with Crippen molar-refractivity contribution >= 4 is 0 Å². The zero-order chi connectivity index (χ0) is 10.8. The standard InChI is InChI=1S/C10H18N2O2/c1-10(2,14-4)9(13)7-8-5-6-12(3)11-8/h5-6,9,13H,7H2,1-4H3. The molecule has 0 aromatic carbocycles. The van der Waals surface area contributed by atoms with Gasteiger partial charge in [0.1, 0.15) is 0 Å². The third kappa shape index (κ3) is 2.56. The third-order valence-corrected chi connectivity index (χ3v) is 2.50. The highest BCUT2D eigenvalue weighted by Crippen LogP contribution is 2.16. The summed E-state index contributed by atoms with van der Waals surface area (Å²) in [6.07, 6.45) is 1.84. The summed E-state index contributed by atoms with van der Waals surface area (Å²) in [4.78, 5) is 0. The summed E-state index contributed by atoms with van der Waals surface area (Å²) in [5, 5.41) is 14.1. The molecule has 0 saturated carbocycles. The summed E-state index contributed by atoms with van der Waals surface area (Å²) >= 11 is 0. The molecule has 0 radical (unpaired) electrons. The summed E-state index contributed by atoms with van der Waals surface area (Å²) < 4.78 is 6.92. The molecule has 1 atom stereocenters. The molecule has 80 valence electrons. The zero-order valence-corrected chi connectivity index (χ0v) is 9.19. The molecule has 1 rings (SSSR count). The highest BCUT2D eigenvalue weighted by atomic mass is 16.5. The summed E-state index contributed by atoms with van der Waals surface area (Å²) in [7, 11) is 3.46. The smallest absolute Gasteiger partial charge is 0.0884 e. The summed E-state index contributed by atoms with van der Waals surface area (Å²) in [6.45, 7) is 3.72. The Morgan fingerprint density at radius 2 is 2.29 bits per heavy atom. The normalized spacial score (nSPS) is 14.4. The van der Waals surface area contributed by atoms with Crippen molar-refractivity contribution in [2.45, 2.75) is 32.0 Å². The third-order valence-electron chi connectivity index (χ3n) is 2.50. The molecular weight excluding hydrogens is 180 g/mol. The highest BCUT2D eigenvalue weighted by molar-refractivity contribution is 5.02. The number of aliphatic hydroxyl groups is 1. The number of aryl methyl sites for hydroxylation is 1. The zero-order valence-electron chi connectivity index (χ0n) is 9.19. The highest BCUT2D eigenvalue weighted by Gasteiger charge is 2.27. The summed E-state index contributed by atoms with van der Waals surface area (Å²) in [5.41, 5.74) is 0.350. The average Bonchev–Trinajstić information content (AvgIpc) is 2.51. The van der Waals surface area contributed by atoms with Gasteiger partial charge in [0.25, 0.3) is 0 Å². The molecular formula is C10H18N2O2. The molecule has 0 amide bonds. The minimum Gasteiger partial charge on any atom is -0.390 e. The molecule has 1 aromatic rings. The van der Waals surface area contributed by atoms with Gasteiger partial charge in [0, 0.05) is 26.8 Å². The molecule has 0 aliphatic carbocycles. The predicted octanol–water partition coefficient (Wildman–Crippen LogP) is 0.748. The van der Waals surface area contributed by atoms with Gasteiger partial charge in [-0.3, -0.25) is 4.68 Å². The maximum atomic E-state index is 9.87. The fraction of sp³-hybridized carbons (Fsp3) is 0.700. The molecule has 4 nitrogen and oxygen atoms in total. The van der Waals surface area contributed by atoms with Gasteiger partial charge in [-0.1, -0.05) is 0 Å².